The monoisotopic (exact) mass is 382 g/mol. The number of carbonyl (C=O) groups excluding carboxylic acids is 1. The van der Waals surface area contributed by atoms with Gasteiger partial charge in [0.1, 0.15) is 5.82 Å². The number of benzene rings is 2. The van der Waals surface area contributed by atoms with E-state index in [1.54, 1.807) is 23.5 Å². The maximum absolute atomic E-state index is 13.1. The number of hydrogen-bond acceptors (Lipinski definition) is 3. The highest BCUT2D eigenvalue weighted by Gasteiger charge is 2.32. The second-order valence-corrected chi connectivity index (χ2v) is 8.28. The lowest BCUT2D eigenvalue weighted by molar-refractivity contribution is -0.132. The number of aromatic nitrogens is 1. The summed E-state index contributed by atoms with van der Waals surface area (Å²) in [5, 5.41) is 1.15. The Hall–Kier alpha value is -2.27. The molecular weight excluding hydrogens is 359 g/mol. The van der Waals surface area contributed by atoms with E-state index < -0.39 is 0 Å². The molecule has 1 aromatic heterocycles. The molecular formula is C22H23FN2OS. The number of halogens is 1. The van der Waals surface area contributed by atoms with E-state index in [4.69, 9.17) is 0 Å². The number of para-hydroxylation sites is 1. The van der Waals surface area contributed by atoms with Crippen LogP contribution in [0.3, 0.4) is 0 Å². The summed E-state index contributed by atoms with van der Waals surface area (Å²) in [4.78, 5) is 19.3. The number of hydrogen-bond donors (Lipinski definition) is 0. The summed E-state index contributed by atoms with van der Waals surface area (Å²) in [7, 11) is 0. The van der Waals surface area contributed by atoms with Crippen molar-refractivity contribution < 1.29 is 9.18 Å². The van der Waals surface area contributed by atoms with Crippen LogP contribution in [-0.4, -0.2) is 21.8 Å². The Kier molecular flexibility index (Phi) is 5.48. The smallest absolute Gasteiger partial charge is 0.223 e. The molecule has 0 saturated heterocycles. The van der Waals surface area contributed by atoms with Gasteiger partial charge in [-0.2, -0.15) is 0 Å². The Labute approximate surface area is 162 Å². The van der Waals surface area contributed by atoms with Crippen molar-refractivity contribution >= 4 is 27.5 Å². The number of carbonyl (C=O) groups is 1. The van der Waals surface area contributed by atoms with Crippen molar-refractivity contribution in [2.45, 2.75) is 51.1 Å². The van der Waals surface area contributed by atoms with Crippen LogP contribution in [0, 0.1) is 5.82 Å². The number of aryl methyl sites for hydroxylation is 1. The molecule has 4 rings (SSSR count). The van der Waals surface area contributed by atoms with Crippen LogP contribution in [0.15, 0.2) is 48.5 Å². The molecule has 0 bridgehead atoms. The molecule has 5 heteroatoms. The summed E-state index contributed by atoms with van der Waals surface area (Å²) >= 11 is 1.74. The number of amides is 1. The summed E-state index contributed by atoms with van der Waals surface area (Å²) in [6, 6.07) is 15.0. The predicted molar refractivity (Wildman–Crippen MR) is 107 cm³/mol. The second-order valence-electron chi connectivity index (χ2n) is 7.16. The van der Waals surface area contributed by atoms with Crippen molar-refractivity contribution in [1.82, 2.24) is 9.88 Å². The van der Waals surface area contributed by atoms with Crippen LogP contribution in [-0.2, 0) is 17.8 Å². The van der Waals surface area contributed by atoms with Crippen LogP contribution in [0.5, 0.6) is 0 Å². The minimum atomic E-state index is -0.238. The zero-order valence-corrected chi connectivity index (χ0v) is 16.1. The molecule has 27 heavy (non-hydrogen) atoms. The van der Waals surface area contributed by atoms with Crippen LogP contribution in [0.4, 0.5) is 4.39 Å². The molecule has 3 aromatic rings. The fourth-order valence-corrected chi connectivity index (χ4v) is 4.33. The maximum Gasteiger partial charge on any atom is 0.223 e. The average Bonchev–Trinajstić information content (AvgIpc) is 3.43. The van der Waals surface area contributed by atoms with Crippen molar-refractivity contribution in [3.05, 3.63) is 64.9 Å². The van der Waals surface area contributed by atoms with Crippen LogP contribution in [0.2, 0.25) is 0 Å². The lowest BCUT2D eigenvalue weighted by Crippen LogP contribution is -2.32. The lowest BCUT2D eigenvalue weighted by Gasteiger charge is -2.22. The highest BCUT2D eigenvalue weighted by Crippen LogP contribution is 2.29. The van der Waals surface area contributed by atoms with Gasteiger partial charge in [-0.3, -0.25) is 4.79 Å². The van der Waals surface area contributed by atoms with E-state index in [2.05, 4.69) is 11.1 Å². The van der Waals surface area contributed by atoms with E-state index in [9.17, 15) is 9.18 Å². The first-order chi connectivity index (χ1) is 13.2. The molecule has 1 saturated carbocycles. The summed E-state index contributed by atoms with van der Waals surface area (Å²) < 4.78 is 14.3. The van der Waals surface area contributed by atoms with Crippen LogP contribution < -0.4 is 0 Å². The second kappa shape index (κ2) is 8.17. The minimum absolute atomic E-state index is 0.214. The zero-order valence-electron chi connectivity index (χ0n) is 15.2. The highest BCUT2D eigenvalue weighted by atomic mass is 32.1. The van der Waals surface area contributed by atoms with Gasteiger partial charge >= 0.3 is 0 Å². The Morgan fingerprint density at radius 3 is 2.63 bits per heavy atom. The van der Waals surface area contributed by atoms with Gasteiger partial charge in [0.05, 0.1) is 15.2 Å². The number of unbranched alkanes of at least 4 members (excludes halogenated alkanes) is 1. The van der Waals surface area contributed by atoms with E-state index in [0.29, 0.717) is 19.0 Å². The van der Waals surface area contributed by atoms with Gasteiger partial charge in [0.25, 0.3) is 0 Å². The zero-order chi connectivity index (χ0) is 18.6. The Morgan fingerprint density at radius 1 is 1.11 bits per heavy atom. The molecule has 140 valence electrons. The van der Waals surface area contributed by atoms with Crippen LogP contribution in [0.1, 0.15) is 42.7 Å². The predicted octanol–water partition coefficient (Wildman–Crippen LogP) is 5.34. The van der Waals surface area contributed by atoms with E-state index in [0.717, 1.165) is 48.2 Å². The Balaban J connectivity index is 1.27. The van der Waals surface area contributed by atoms with Crippen molar-refractivity contribution in [1.29, 1.82) is 0 Å². The van der Waals surface area contributed by atoms with Gasteiger partial charge in [-0.25, -0.2) is 9.37 Å². The van der Waals surface area contributed by atoms with Gasteiger partial charge in [-0.1, -0.05) is 24.3 Å². The molecule has 0 N–H and O–H groups in total. The normalized spacial score (nSPS) is 13.8. The van der Waals surface area contributed by atoms with Gasteiger partial charge in [-0.15, -0.1) is 11.3 Å². The van der Waals surface area contributed by atoms with Crippen LogP contribution >= 0.6 is 11.3 Å². The van der Waals surface area contributed by atoms with Crippen molar-refractivity contribution in [3.63, 3.8) is 0 Å². The molecule has 1 heterocycles. The van der Waals surface area contributed by atoms with Gasteiger partial charge in [0.2, 0.25) is 5.91 Å². The number of nitrogens with zero attached hydrogens (tertiary/aromatic N) is 2. The summed E-state index contributed by atoms with van der Waals surface area (Å²) in [6.07, 6.45) is 5.51. The van der Waals surface area contributed by atoms with Gasteiger partial charge in [0.15, 0.2) is 0 Å². The maximum atomic E-state index is 13.1. The third-order valence-corrected chi connectivity index (χ3v) is 6.04. The standard InChI is InChI=1S/C22H23FN2OS/c23-17-11-9-16(10-12-17)15-25(18-13-14-18)22(26)8-4-3-7-21-24-19-5-1-2-6-20(19)27-21/h1-2,5-6,9-12,18H,3-4,7-8,13-15H2. The average molecular weight is 383 g/mol. The van der Waals surface area contributed by atoms with Crippen LogP contribution in [0.25, 0.3) is 10.2 Å². The molecule has 0 spiro atoms. The largest absolute Gasteiger partial charge is 0.335 e. The number of rotatable bonds is 8. The molecule has 3 nitrogen and oxygen atoms in total. The molecule has 2 aromatic carbocycles. The molecule has 1 fully saturated rings. The fraction of sp³-hybridized carbons (Fsp3) is 0.364. The molecule has 0 atom stereocenters. The van der Waals surface area contributed by atoms with E-state index in [1.807, 2.05) is 23.1 Å². The molecule has 0 radical (unpaired) electrons. The lowest BCUT2D eigenvalue weighted by atomic mass is 10.1. The first-order valence-corrected chi connectivity index (χ1v) is 10.4. The highest BCUT2D eigenvalue weighted by molar-refractivity contribution is 7.18. The van der Waals surface area contributed by atoms with Crippen molar-refractivity contribution in [3.8, 4) is 0 Å². The topological polar surface area (TPSA) is 33.2 Å². The SMILES string of the molecule is O=C(CCCCc1nc2ccccc2s1)N(Cc1ccc(F)cc1)C1CC1. The minimum Gasteiger partial charge on any atom is -0.335 e. The van der Waals surface area contributed by atoms with Crippen molar-refractivity contribution in [2.24, 2.45) is 0 Å². The van der Waals surface area contributed by atoms with E-state index in [1.165, 1.54) is 16.8 Å². The number of fused-ring (bicyclic) bond motifs is 1. The molecule has 1 aliphatic rings. The third-order valence-electron chi connectivity index (χ3n) is 4.94. The van der Waals surface area contributed by atoms with Gasteiger partial charge in [0, 0.05) is 19.0 Å². The van der Waals surface area contributed by atoms with E-state index in [-0.39, 0.29) is 11.7 Å². The summed E-state index contributed by atoms with van der Waals surface area (Å²) in [6.45, 7) is 0.585. The molecule has 1 amide bonds. The summed E-state index contributed by atoms with van der Waals surface area (Å²) in [5.41, 5.74) is 2.05. The summed E-state index contributed by atoms with van der Waals surface area (Å²) in [5.74, 6) is -0.0241. The molecule has 0 aliphatic heterocycles. The molecule has 0 unspecified atom stereocenters. The Morgan fingerprint density at radius 2 is 1.89 bits per heavy atom. The first kappa shape index (κ1) is 18.1. The third kappa shape index (κ3) is 4.72. The Bertz CT molecular complexity index is 884. The van der Waals surface area contributed by atoms with Gasteiger partial charge in [-0.05, 0) is 61.9 Å². The first-order valence-electron chi connectivity index (χ1n) is 9.57. The van der Waals surface area contributed by atoms with E-state index >= 15 is 0 Å². The number of thiazole rings is 1. The molecule has 1 aliphatic carbocycles. The quantitative estimate of drug-likeness (QED) is 0.493. The van der Waals surface area contributed by atoms with Gasteiger partial charge < -0.3 is 4.90 Å². The van der Waals surface area contributed by atoms with Crippen molar-refractivity contribution in [2.75, 3.05) is 0 Å². The fourth-order valence-electron chi connectivity index (χ4n) is 3.32.